The number of nitrogen functional groups attached to an aromatic ring is 1. The van der Waals surface area contributed by atoms with Crippen LogP contribution < -0.4 is 15.4 Å². The third-order valence-electron chi connectivity index (χ3n) is 3.92. The fourth-order valence-electron chi connectivity index (χ4n) is 2.59. The molecule has 0 atom stereocenters. The first-order chi connectivity index (χ1) is 12.3. The van der Waals surface area contributed by atoms with E-state index in [1.54, 1.807) is 18.2 Å². The SMILES string of the molecule is Nc1c(Cl)cc(S(=O)(=O)Nc2cc(Cl)ccc2N2CCOCC2)cc1Cl. The molecule has 2 aromatic carbocycles. The molecule has 2 aromatic rings. The van der Waals surface area contributed by atoms with Crippen LogP contribution in [-0.2, 0) is 14.8 Å². The summed E-state index contributed by atoms with van der Waals surface area (Å²) in [6.45, 7) is 2.43. The number of sulfonamides is 1. The van der Waals surface area contributed by atoms with E-state index in [2.05, 4.69) is 4.72 Å². The van der Waals surface area contributed by atoms with Gasteiger partial charge in [-0.3, -0.25) is 4.72 Å². The smallest absolute Gasteiger partial charge is 0.262 e. The second-order valence-corrected chi connectivity index (χ2v) is 8.60. The fraction of sp³-hybridized carbons (Fsp3) is 0.250. The van der Waals surface area contributed by atoms with Crippen molar-refractivity contribution in [2.45, 2.75) is 4.90 Å². The number of halogens is 3. The van der Waals surface area contributed by atoms with Crippen LogP contribution in [0.15, 0.2) is 35.2 Å². The van der Waals surface area contributed by atoms with E-state index >= 15 is 0 Å². The Hall–Kier alpha value is -1.38. The molecular formula is C16H16Cl3N3O3S. The van der Waals surface area contributed by atoms with Gasteiger partial charge < -0.3 is 15.4 Å². The largest absolute Gasteiger partial charge is 0.396 e. The van der Waals surface area contributed by atoms with Crippen molar-refractivity contribution in [3.8, 4) is 0 Å². The zero-order valence-electron chi connectivity index (χ0n) is 13.5. The number of benzene rings is 2. The van der Waals surface area contributed by atoms with Crippen LogP contribution in [0.1, 0.15) is 0 Å². The summed E-state index contributed by atoms with van der Waals surface area (Å²) in [5, 5.41) is 0.544. The van der Waals surface area contributed by atoms with E-state index in [0.717, 1.165) is 0 Å². The Morgan fingerprint density at radius 2 is 1.65 bits per heavy atom. The lowest BCUT2D eigenvalue weighted by molar-refractivity contribution is 0.123. The highest BCUT2D eigenvalue weighted by Crippen LogP contribution is 2.34. The van der Waals surface area contributed by atoms with Crippen LogP contribution in [0.5, 0.6) is 0 Å². The van der Waals surface area contributed by atoms with Gasteiger partial charge in [0.15, 0.2) is 0 Å². The topological polar surface area (TPSA) is 84.7 Å². The molecular weight excluding hydrogens is 421 g/mol. The Kier molecular flexibility index (Phi) is 5.74. The lowest BCUT2D eigenvalue weighted by Crippen LogP contribution is -2.36. The van der Waals surface area contributed by atoms with E-state index in [1.807, 2.05) is 4.90 Å². The molecule has 1 fully saturated rings. The second kappa shape index (κ2) is 7.70. The number of nitrogens with two attached hydrogens (primary N) is 1. The van der Waals surface area contributed by atoms with Crippen molar-refractivity contribution >= 4 is 61.9 Å². The number of rotatable bonds is 4. The van der Waals surface area contributed by atoms with E-state index < -0.39 is 10.0 Å². The van der Waals surface area contributed by atoms with Crippen molar-refractivity contribution in [1.82, 2.24) is 0 Å². The highest BCUT2D eigenvalue weighted by atomic mass is 35.5. The van der Waals surface area contributed by atoms with Gasteiger partial charge in [0.2, 0.25) is 0 Å². The molecule has 10 heteroatoms. The summed E-state index contributed by atoms with van der Waals surface area (Å²) in [7, 11) is -3.94. The molecule has 0 amide bonds. The van der Waals surface area contributed by atoms with Crippen LogP contribution in [0.3, 0.4) is 0 Å². The summed E-state index contributed by atoms with van der Waals surface area (Å²) in [5.74, 6) is 0. The molecule has 0 unspecified atom stereocenters. The highest BCUT2D eigenvalue weighted by Gasteiger charge is 2.22. The van der Waals surface area contributed by atoms with Gasteiger partial charge in [0.1, 0.15) is 0 Å². The molecule has 1 heterocycles. The molecule has 0 saturated carbocycles. The van der Waals surface area contributed by atoms with Gasteiger partial charge in [-0.2, -0.15) is 0 Å². The van der Waals surface area contributed by atoms with Crippen molar-refractivity contribution in [2.75, 3.05) is 41.7 Å². The van der Waals surface area contributed by atoms with E-state index in [-0.39, 0.29) is 20.6 Å². The van der Waals surface area contributed by atoms with Gasteiger partial charge in [-0.05, 0) is 30.3 Å². The molecule has 1 aliphatic heterocycles. The first-order valence-electron chi connectivity index (χ1n) is 7.67. The average molecular weight is 437 g/mol. The minimum atomic E-state index is -3.94. The molecule has 0 aliphatic carbocycles. The number of hydrogen-bond donors (Lipinski definition) is 2. The van der Waals surface area contributed by atoms with Gasteiger partial charge in [0.25, 0.3) is 10.0 Å². The van der Waals surface area contributed by atoms with Crippen molar-refractivity contribution < 1.29 is 13.2 Å². The van der Waals surface area contributed by atoms with E-state index in [1.165, 1.54) is 12.1 Å². The van der Waals surface area contributed by atoms with Gasteiger partial charge in [-0.15, -0.1) is 0 Å². The molecule has 140 valence electrons. The van der Waals surface area contributed by atoms with Gasteiger partial charge in [0, 0.05) is 18.1 Å². The molecule has 0 aromatic heterocycles. The number of ether oxygens (including phenoxy) is 1. The molecule has 3 rings (SSSR count). The fourth-order valence-corrected chi connectivity index (χ4v) is 4.50. The number of anilines is 3. The predicted molar refractivity (Wildman–Crippen MR) is 106 cm³/mol. The second-order valence-electron chi connectivity index (χ2n) is 5.67. The average Bonchev–Trinajstić information content (AvgIpc) is 2.59. The van der Waals surface area contributed by atoms with Gasteiger partial charge >= 0.3 is 0 Å². The lowest BCUT2D eigenvalue weighted by atomic mass is 10.2. The Morgan fingerprint density at radius 1 is 1.04 bits per heavy atom. The minimum absolute atomic E-state index is 0.0670. The normalized spacial score (nSPS) is 15.1. The maximum Gasteiger partial charge on any atom is 0.262 e. The predicted octanol–water partition coefficient (Wildman–Crippen LogP) is 3.87. The Bertz CT molecular complexity index is 909. The van der Waals surface area contributed by atoms with E-state index in [0.29, 0.717) is 42.7 Å². The molecule has 1 saturated heterocycles. The molecule has 1 aliphatic rings. The molecule has 0 radical (unpaired) electrons. The van der Waals surface area contributed by atoms with Gasteiger partial charge in [-0.1, -0.05) is 34.8 Å². The molecule has 3 N–H and O–H groups in total. The van der Waals surface area contributed by atoms with Crippen molar-refractivity contribution in [3.63, 3.8) is 0 Å². The quantitative estimate of drug-likeness (QED) is 0.711. The molecule has 0 bridgehead atoms. The van der Waals surface area contributed by atoms with Crippen LogP contribution >= 0.6 is 34.8 Å². The molecule has 6 nitrogen and oxygen atoms in total. The first-order valence-corrected chi connectivity index (χ1v) is 10.3. The number of hydrogen-bond acceptors (Lipinski definition) is 5. The van der Waals surface area contributed by atoms with Crippen molar-refractivity contribution in [3.05, 3.63) is 45.4 Å². The van der Waals surface area contributed by atoms with E-state index in [9.17, 15) is 8.42 Å². The molecule has 26 heavy (non-hydrogen) atoms. The summed E-state index contributed by atoms with van der Waals surface area (Å²) < 4.78 is 33.5. The van der Waals surface area contributed by atoms with E-state index in [4.69, 9.17) is 45.3 Å². The Balaban J connectivity index is 1.98. The standard InChI is InChI=1S/C16H16Cl3N3O3S/c17-10-1-2-15(22-3-5-25-6-4-22)14(7-10)21-26(23,24)11-8-12(18)16(20)13(19)9-11/h1-2,7-9,21H,3-6,20H2. The highest BCUT2D eigenvalue weighted by molar-refractivity contribution is 7.92. The summed E-state index contributed by atoms with van der Waals surface area (Å²) in [6.07, 6.45) is 0. The van der Waals surface area contributed by atoms with Gasteiger partial charge in [-0.25, -0.2) is 8.42 Å². The summed E-state index contributed by atoms with van der Waals surface area (Å²) in [4.78, 5) is 1.94. The summed E-state index contributed by atoms with van der Waals surface area (Å²) >= 11 is 18.0. The Morgan fingerprint density at radius 3 is 2.27 bits per heavy atom. The van der Waals surface area contributed by atoms with Gasteiger partial charge in [0.05, 0.1) is 45.2 Å². The minimum Gasteiger partial charge on any atom is -0.396 e. The van der Waals surface area contributed by atoms with Crippen molar-refractivity contribution in [2.24, 2.45) is 0 Å². The monoisotopic (exact) mass is 435 g/mol. The number of nitrogens with one attached hydrogen (secondary N) is 1. The maximum absolute atomic E-state index is 12.8. The van der Waals surface area contributed by atoms with Crippen molar-refractivity contribution in [1.29, 1.82) is 0 Å². The van der Waals surface area contributed by atoms with Crippen LogP contribution in [0.25, 0.3) is 0 Å². The lowest BCUT2D eigenvalue weighted by Gasteiger charge is -2.30. The van der Waals surface area contributed by atoms with Crippen LogP contribution in [0.2, 0.25) is 15.1 Å². The summed E-state index contributed by atoms with van der Waals surface area (Å²) in [5.41, 5.74) is 6.88. The van der Waals surface area contributed by atoms with Crippen LogP contribution in [0.4, 0.5) is 17.1 Å². The third-order valence-corrected chi connectivity index (χ3v) is 6.12. The number of morpholine rings is 1. The maximum atomic E-state index is 12.8. The Labute approximate surface area is 166 Å². The number of nitrogens with zero attached hydrogens (tertiary/aromatic N) is 1. The molecule has 0 spiro atoms. The van der Waals surface area contributed by atoms with Crippen LogP contribution in [0, 0.1) is 0 Å². The van der Waals surface area contributed by atoms with Crippen LogP contribution in [-0.4, -0.2) is 34.7 Å². The first kappa shape index (κ1) is 19.4. The zero-order valence-corrected chi connectivity index (χ0v) is 16.6. The third kappa shape index (κ3) is 4.13. The zero-order chi connectivity index (χ0) is 18.9. The summed E-state index contributed by atoms with van der Waals surface area (Å²) in [6, 6.07) is 7.55.